The van der Waals surface area contributed by atoms with Crippen molar-refractivity contribution in [3.8, 4) is 0 Å². The number of halogens is 1. The van der Waals surface area contributed by atoms with Crippen molar-refractivity contribution < 1.29 is 4.79 Å². The molecule has 2 aromatic rings. The third kappa shape index (κ3) is 3.30. The van der Waals surface area contributed by atoms with Gasteiger partial charge in [0.1, 0.15) is 0 Å². The maximum atomic E-state index is 11.4. The van der Waals surface area contributed by atoms with Gasteiger partial charge in [-0.3, -0.25) is 4.79 Å². The molecule has 2 aromatic carbocycles. The summed E-state index contributed by atoms with van der Waals surface area (Å²) in [5.74, 6) is -0.476. The molecule has 0 saturated heterocycles. The number of anilines is 2. The summed E-state index contributed by atoms with van der Waals surface area (Å²) >= 11 is 3.40. The number of carbonyl (C=O) groups is 1. The molecule has 5 N–H and O–H groups in total. The van der Waals surface area contributed by atoms with Crippen LogP contribution in [-0.4, -0.2) is 5.91 Å². The first-order chi connectivity index (χ1) is 9.47. The highest BCUT2D eigenvalue weighted by molar-refractivity contribution is 9.10. The van der Waals surface area contributed by atoms with Crippen molar-refractivity contribution in [2.45, 2.75) is 13.0 Å². The SMILES string of the molecule is CC(Nc1cc(N)ccc1C(N)=O)c1ccc(Br)cc1. The summed E-state index contributed by atoms with van der Waals surface area (Å²) in [5, 5.41) is 3.27. The second kappa shape index (κ2) is 5.96. The molecule has 0 bridgehead atoms. The molecule has 104 valence electrons. The Morgan fingerprint density at radius 1 is 1.20 bits per heavy atom. The molecule has 5 heteroatoms. The summed E-state index contributed by atoms with van der Waals surface area (Å²) < 4.78 is 1.02. The second-order valence-corrected chi connectivity index (χ2v) is 5.50. The molecule has 0 aliphatic rings. The lowest BCUT2D eigenvalue weighted by Crippen LogP contribution is -2.16. The average Bonchev–Trinajstić information content (AvgIpc) is 2.39. The fourth-order valence-corrected chi connectivity index (χ4v) is 2.23. The van der Waals surface area contributed by atoms with E-state index in [1.807, 2.05) is 31.2 Å². The monoisotopic (exact) mass is 333 g/mol. The standard InChI is InChI=1S/C15H16BrN3O/c1-9(10-2-4-11(16)5-3-10)19-14-8-12(17)6-7-13(14)15(18)20/h2-9,19H,17H2,1H3,(H2,18,20). The molecule has 1 atom stereocenters. The van der Waals surface area contributed by atoms with Crippen LogP contribution in [-0.2, 0) is 0 Å². The van der Waals surface area contributed by atoms with Gasteiger partial charge in [-0.05, 0) is 42.8 Å². The van der Waals surface area contributed by atoms with Gasteiger partial charge in [0.2, 0.25) is 0 Å². The van der Waals surface area contributed by atoms with Crippen molar-refractivity contribution in [1.82, 2.24) is 0 Å². The summed E-state index contributed by atoms with van der Waals surface area (Å²) in [6.45, 7) is 2.01. The van der Waals surface area contributed by atoms with Gasteiger partial charge in [-0.25, -0.2) is 0 Å². The summed E-state index contributed by atoms with van der Waals surface area (Å²) in [4.78, 5) is 11.4. The third-order valence-electron chi connectivity index (χ3n) is 3.05. The number of nitrogens with one attached hydrogen (secondary N) is 1. The number of carbonyl (C=O) groups excluding carboxylic acids is 1. The number of amides is 1. The predicted octanol–water partition coefficient (Wildman–Crippen LogP) is 3.30. The molecule has 0 aliphatic heterocycles. The molecule has 0 saturated carbocycles. The minimum absolute atomic E-state index is 0.0306. The molecule has 4 nitrogen and oxygen atoms in total. The Balaban J connectivity index is 2.27. The highest BCUT2D eigenvalue weighted by Gasteiger charge is 2.12. The first kappa shape index (κ1) is 14.4. The van der Waals surface area contributed by atoms with Gasteiger partial charge in [0.25, 0.3) is 5.91 Å². The predicted molar refractivity (Wildman–Crippen MR) is 85.6 cm³/mol. The molecule has 1 amide bonds. The number of hydrogen-bond donors (Lipinski definition) is 3. The first-order valence-corrected chi connectivity index (χ1v) is 6.98. The van der Waals surface area contributed by atoms with E-state index in [0.717, 1.165) is 10.0 Å². The zero-order valence-corrected chi connectivity index (χ0v) is 12.6. The van der Waals surface area contributed by atoms with Crippen molar-refractivity contribution in [1.29, 1.82) is 0 Å². The van der Waals surface area contributed by atoms with E-state index in [1.165, 1.54) is 0 Å². The Labute approximate surface area is 126 Å². The van der Waals surface area contributed by atoms with Crippen molar-refractivity contribution in [3.63, 3.8) is 0 Å². The fourth-order valence-electron chi connectivity index (χ4n) is 1.96. The van der Waals surface area contributed by atoms with Gasteiger partial charge in [-0.2, -0.15) is 0 Å². The summed E-state index contributed by atoms with van der Waals surface area (Å²) in [6, 6.07) is 13.0. The highest BCUT2D eigenvalue weighted by atomic mass is 79.9. The zero-order valence-electron chi connectivity index (χ0n) is 11.1. The molecule has 1 unspecified atom stereocenters. The quantitative estimate of drug-likeness (QED) is 0.751. The normalized spacial score (nSPS) is 11.9. The molecular weight excluding hydrogens is 318 g/mol. The second-order valence-electron chi connectivity index (χ2n) is 4.59. The number of nitrogen functional groups attached to an aromatic ring is 1. The van der Waals surface area contributed by atoms with Crippen LogP contribution in [0, 0.1) is 0 Å². The van der Waals surface area contributed by atoms with Gasteiger partial charge in [0, 0.05) is 21.9 Å². The van der Waals surface area contributed by atoms with E-state index >= 15 is 0 Å². The van der Waals surface area contributed by atoms with Gasteiger partial charge < -0.3 is 16.8 Å². The molecule has 20 heavy (non-hydrogen) atoms. The van der Waals surface area contributed by atoms with Crippen LogP contribution in [0.3, 0.4) is 0 Å². The summed E-state index contributed by atoms with van der Waals surface area (Å²) in [7, 11) is 0. The van der Waals surface area contributed by atoms with Crippen LogP contribution >= 0.6 is 15.9 Å². The molecule has 0 aliphatic carbocycles. The van der Waals surface area contributed by atoms with Crippen LogP contribution in [0.1, 0.15) is 28.9 Å². The molecule has 0 spiro atoms. The molecular formula is C15H16BrN3O. The van der Waals surface area contributed by atoms with E-state index in [4.69, 9.17) is 11.5 Å². The van der Waals surface area contributed by atoms with Crippen LogP contribution in [0.4, 0.5) is 11.4 Å². The highest BCUT2D eigenvalue weighted by Crippen LogP contribution is 2.25. The van der Waals surface area contributed by atoms with Crippen molar-refractivity contribution in [2.75, 3.05) is 11.1 Å². The van der Waals surface area contributed by atoms with Crippen molar-refractivity contribution in [3.05, 3.63) is 58.1 Å². The number of hydrogen-bond acceptors (Lipinski definition) is 3. The Bertz CT molecular complexity index is 626. The van der Waals surface area contributed by atoms with Crippen LogP contribution < -0.4 is 16.8 Å². The Morgan fingerprint density at radius 2 is 1.85 bits per heavy atom. The van der Waals surface area contributed by atoms with Crippen LogP contribution in [0.2, 0.25) is 0 Å². The van der Waals surface area contributed by atoms with Gasteiger partial charge >= 0.3 is 0 Å². The number of benzene rings is 2. The zero-order chi connectivity index (χ0) is 14.7. The van der Waals surface area contributed by atoms with Gasteiger partial charge in [-0.15, -0.1) is 0 Å². The van der Waals surface area contributed by atoms with Gasteiger partial charge in [0.15, 0.2) is 0 Å². The van der Waals surface area contributed by atoms with E-state index < -0.39 is 5.91 Å². The van der Waals surface area contributed by atoms with Crippen molar-refractivity contribution in [2.24, 2.45) is 5.73 Å². The fraction of sp³-hybridized carbons (Fsp3) is 0.133. The smallest absolute Gasteiger partial charge is 0.250 e. The molecule has 0 aromatic heterocycles. The van der Waals surface area contributed by atoms with Crippen LogP contribution in [0.15, 0.2) is 46.9 Å². The topological polar surface area (TPSA) is 81.1 Å². The van der Waals surface area contributed by atoms with E-state index in [9.17, 15) is 4.79 Å². The molecule has 0 radical (unpaired) electrons. The molecule has 0 fully saturated rings. The Kier molecular flexibility index (Phi) is 4.29. The Hall–Kier alpha value is -2.01. The van der Waals surface area contributed by atoms with Crippen LogP contribution in [0.5, 0.6) is 0 Å². The Morgan fingerprint density at radius 3 is 2.45 bits per heavy atom. The lowest BCUT2D eigenvalue weighted by Gasteiger charge is -2.18. The number of rotatable bonds is 4. The molecule has 0 heterocycles. The van der Waals surface area contributed by atoms with Crippen molar-refractivity contribution >= 4 is 33.2 Å². The minimum Gasteiger partial charge on any atom is -0.399 e. The maximum Gasteiger partial charge on any atom is 0.250 e. The largest absolute Gasteiger partial charge is 0.399 e. The maximum absolute atomic E-state index is 11.4. The molecule has 2 rings (SSSR count). The summed E-state index contributed by atoms with van der Waals surface area (Å²) in [6.07, 6.45) is 0. The average molecular weight is 334 g/mol. The number of nitrogens with two attached hydrogens (primary N) is 2. The van der Waals surface area contributed by atoms with Gasteiger partial charge in [0.05, 0.1) is 5.56 Å². The van der Waals surface area contributed by atoms with Crippen LogP contribution in [0.25, 0.3) is 0 Å². The lowest BCUT2D eigenvalue weighted by molar-refractivity contribution is 0.100. The van der Waals surface area contributed by atoms with E-state index in [0.29, 0.717) is 16.9 Å². The first-order valence-electron chi connectivity index (χ1n) is 6.18. The number of primary amides is 1. The van der Waals surface area contributed by atoms with E-state index in [1.54, 1.807) is 18.2 Å². The lowest BCUT2D eigenvalue weighted by atomic mass is 10.1. The van der Waals surface area contributed by atoms with E-state index in [-0.39, 0.29) is 6.04 Å². The minimum atomic E-state index is -0.476. The summed E-state index contributed by atoms with van der Waals surface area (Å²) in [5.41, 5.74) is 13.9. The van der Waals surface area contributed by atoms with E-state index in [2.05, 4.69) is 21.2 Å². The third-order valence-corrected chi connectivity index (χ3v) is 3.58. The van der Waals surface area contributed by atoms with Gasteiger partial charge in [-0.1, -0.05) is 28.1 Å².